The summed E-state index contributed by atoms with van der Waals surface area (Å²) in [6.45, 7) is 0. The van der Waals surface area contributed by atoms with E-state index in [4.69, 9.17) is 28.9 Å². The molecule has 1 aliphatic rings. The third-order valence-electron chi connectivity index (χ3n) is 4.39. The van der Waals surface area contributed by atoms with E-state index in [-0.39, 0.29) is 12.2 Å². The molecular weight excluding hydrogens is 317 g/mol. The van der Waals surface area contributed by atoms with Crippen molar-refractivity contribution in [2.45, 2.75) is 12.2 Å². The van der Waals surface area contributed by atoms with Crippen molar-refractivity contribution in [2.24, 2.45) is 5.73 Å². The smallest absolute Gasteiger partial charge is 0.285 e. The fourth-order valence-corrected chi connectivity index (χ4v) is 3.80. The van der Waals surface area contributed by atoms with Crippen LogP contribution in [0.25, 0.3) is 0 Å². The van der Waals surface area contributed by atoms with E-state index in [2.05, 4.69) is 17.7 Å². The van der Waals surface area contributed by atoms with E-state index in [1.54, 1.807) is 0 Å². The van der Waals surface area contributed by atoms with Gasteiger partial charge in [-0.2, -0.15) is 0 Å². The first-order chi connectivity index (χ1) is 10.5. The highest BCUT2D eigenvalue weighted by Gasteiger charge is 2.47. The predicted octanol–water partition coefficient (Wildman–Crippen LogP) is 2.26. The minimum absolute atomic E-state index is 0.0139. The topological polar surface area (TPSA) is 33.5 Å². The standard InChI is InChI=1S/C17H17Cl2N3/c1-21-15(11-7-3-5-9-13(11)18)16(20)22(2)17(21)12-8-4-6-10-14(12)19/h3-10,15,17,20H,1-2H3/p+2/t15-,17+/m0/s1. The van der Waals surface area contributed by atoms with Crippen molar-refractivity contribution in [1.82, 2.24) is 0 Å². The number of nitrogens with zero attached hydrogens (tertiary/aromatic N) is 1. The average Bonchev–Trinajstić information content (AvgIpc) is 2.72. The second kappa shape index (κ2) is 5.92. The zero-order valence-corrected chi connectivity index (χ0v) is 14.1. The minimum Gasteiger partial charge on any atom is -0.285 e. The van der Waals surface area contributed by atoms with Crippen LogP contribution in [0.4, 0.5) is 0 Å². The van der Waals surface area contributed by atoms with Gasteiger partial charge in [0, 0.05) is 5.56 Å². The first kappa shape index (κ1) is 15.3. The number of hydrogen-bond acceptors (Lipinski definition) is 1. The van der Waals surface area contributed by atoms with E-state index in [1.165, 1.54) is 4.90 Å². The minimum atomic E-state index is 0.0139. The van der Waals surface area contributed by atoms with Crippen molar-refractivity contribution >= 4 is 29.0 Å². The molecule has 3 N–H and O–H groups in total. The van der Waals surface area contributed by atoms with Gasteiger partial charge in [0.05, 0.1) is 29.7 Å². The van der Waals surface area contributed by atoms with Gasteiger partial charge in [-0.15, -0.1) is 0 Å². The summed E-state index contributed by atoms with van der Waals surface area (Å²) in [7, 11) is 4.13. The number of halogens is 2. The van der Waals surface area contributed by atoms with Crippen molar-refractivity contribution < 1.29 is 9.48 Å². The molecule has 2 aromatic rings. The summed E-state index contributed by atoms with van der Waals surface area (Å²) in [6.07, 6.45) is 0.0648. The maximum atomic E-state index is 6.41. The Hall–Kier alpha value is -1.55. The molecule has 0 fully saturated rings. The second-order valence-corrected chi connectivity index (χ2v) is 6.47. The molecule has 1 aliphatic heterocycles. The molecule has 2 aromatic carbocycles. The molecule has 114 valence electrons. The van der Waals surface area contributed by atoms with E-state index < -0.39 is 0 Å². The van der Waals surface area contributed by atoms with Crippen LogP contribution < -0.4 is 10.6 Å². The number of nitrogens with two attached hydrogens (primary N) is 1. The molecule has 0 saturated carbocycles. The maximum Gasteiger partial charge on any atom is 0.312 e. The van der Waals surface area contributed by atoms with Crippen LogP contribution in [0.5, 0.6) is 0 Å². The summed E-state index contributed by atoms with van der Waals surface area (Å²) in [6, 6.07) is 15.8. The largest absolute Gasteiger partial charge is 0.312 e. The van der Waals surface area contributed by atoms with E-state index in [1.807, 2.05) is 49.5 Å². The lowest BCUT2D eigenvalue weighted by molar-refractivity contribution is -0.995. The molecule has 0 bridgehead atoms. The van der Waals surface area contributed by atoms with Gasteiger partial charge in [0.1, 0.15) is 0 Å². The molecule has 0 spiro atoms. The van der Waals surface area contributed by atoms with E-state index >= 15 is 0 Å². The Bertz CT molecular complexity index is 681. The van der Waals surface area contributed by atoms with Crippen LogP contribution in [-0.4, -0.2) is 24.5 Å². The summed E-state index contributed by atoms with van der Waals surface area (Å²) in [4.78, 5) is 1.24. The van der Waals surface area contributed by atoms with Crippen LogP contribution in [0.1, 0.15) is 23.3 Å². The molecule has 0 aliphatic carbocycles. The van der Waals surface area contributed by atoms with E-state index in [9.17, 15) is 0 Å². The third kappa shape index (κ3) is 2.39. The van der Waals surface area contributed by atoms with Gasteiger partial charge in [0.15, 0.2) is 0 Å². The zero-order chi connectivity index (χ0) is 15.9. The van der Waals surface area contributed by atoms with Crippen LogP contribution in [0, 0.1) is 0 Å². The van der Waals surface area contributed by atoms with Crippen LogP contribution in [0.3, 0.4) is 0 Å². The van der Waals surface area contributed by atoms with Crippen LogP contribution >= 0.6 is 23.2 Å². The summed E-state index contributed by atoms with van der Waals surface area (Å²) in [5.41, 5.74) is 8.52. The molecule has 1 unspecified atom stereocenters. The van der Waals surface area contributed by atoms with Crippen LogP contribution in [0.15, 0.2) is 48.5 Å². The van der Waals surface area contributed by atoms with Gasteiger partial charge in [-0.05, 0) is 18.2 Å². The summed E-state index contributed by atoms with van der Waals surface area (Å²) in [5, 5.41) is 1.49. The van der Waals surface area contributed by atoms with Gasteiger partial charge in [0.2, 0.25) is 6.04 Å². The summed E-state index contributed by atoms with van der Waals surface area (Å²) in [5.74, 6) is 0.801. The maximum absolute atomic E-state index is 6.41. The van der Waals surface area contributed by atoms with Gasteiger partial charge in [-0.3, -0.25) is 10.6 Å². The molecule has 0 saturated heterocycles. The lowest BCUT2D eigenvalue weighted by atomic mass is 10.0. The molecule has 3 atom stereocenters. The lowest BCUT2D eigenvalue weighted by Gasteiger charge is -2.22. The first-order valence-electron chi connectivity index (χ1n) is 7.19. The van der Waals surface area contributed by atoms with E-state index in [0.717, 1.165) is 27.0 Å². The normalized spacial score (nSPS) is 24.8. The molecule has 0 aromatic heterocycles. The highest BCUT2D eigenvalue weighted by atomic mass is 35.5. The van der Waals surface area contributed by atoms with Crippen molar-refractivity contribution in [1.29, 1.82) is 0 Å². The van der Waals surface area contributed by atoms with Crippen molar-refractivity contribution in [3.05, 3.63) is 69.7 Å². The highest BCUT2D eigenvalue weighted by Crippen LogP contribution is 2.28. The number of benzene rings is 2. The highest BCUT2D eigenvalue weighted by molar-refractivity contribution is 6.31. The molecule has 3 rings (SSSR count). The fraction of sp³-hybridized carbons (Fsp3) is 0.235. The van der Waals surface area contributed by atoms with Crippen LogP contribution in [-0.2, 0) is 0 Å². The van der Waals surface area contributed by atoms with Crippen molar-refractivity contribution in [3.63, 3.8) is 0 Å². The molecule has 22 heavy (non-hydrogen) atoms. The molecule has 0 amide bonds. The number of quaternary nitrogens is 1. The van der Waals surface area contributed by atoms with Gasteiger partial charge in [-0.25, -0.2) is 4.58 Å². The fourth-order valence-electron chi connectivity index (χ4n) is 3.31. The Morgan fingerprint density at radius 1 is 0.955 bits per heavy atom. The lowest BCUT2D eigenvalue weighted by Crippen LogP contribution is -3.09. The Labute approximate surface area is 140 Å². The quantitative estimate of drug-likeness (QED) is 0.811. The van der Waals surface area contributed by atoms with Crippen molar-refractivity contribution in [2.75, 3.05) is 14.1 Å². The predicted molar refractivity (Wildman–Crippen MR) is 90.7 cm³/mol. The second-order valence-electron chi connectivity index (χ2n) is 5.66. The van der Waals surface area contributed by atoms with Crippen LogP contribution in [0.2, 0.25) is 10.0 Å². The molecular formula is C17H19Cl2N3+2. The zero-order valence-electron chi connectivity index (χ0n) is 12.6. The number of hydrogen-bond donors (Lipinski definition) is 2. The average molecular weight is 336 g/mol. The number of amidine groups is 1. The number of rotatable bonds is 2. The monoisotopic (exact) mass is 335 g/mol. The Morgan fingerprint density at radius 3 is 2.00 bits per heavy atom. The summed E-state index contributed by atoms with van der Waals surface area (Å²) >= 11 is 12.8. The number of nitrogens with one attached hydrogen (secondary N) is 1. The molecule has 1 heterocycles. The SMILES string of the molecule is C[N+]1=C(N)[C@H](c2ccccc2Cl)[NH+](C)[C@H]1c1ccccc1Cl. The van der Waals surface area contributed by atoms with Gasteiger partial charge in [-0.1, -0.05) is 53.5 Å². The summed E-state index contributed by atoms with van der Waals surface area (Å²) < 4.78 is 2.09. The Morgan fingerprint density at radius 2 is 1.45 bits per heavy atom. The molecule has 3 nitrogen and oxygen atoms in total. The van der Waals surface area contributed by atoms with Gasteiger partial charge in [0.25, 0.3) is 6.17 Å². The first-order valence-corrected chi connectivity index (χ1v) is 7.95. The van der Waals surface area contributed by atoms with Crippen molar-refractivity contribution in [3.8, 4) is 0 Å². The third-order valence-corrected chi connectivity index (χ3v) is 5.08. The Kier molecular flexibility index (Phi) is 4.13. The Balaban J connectivity index is 2.08. The van der Waals surface area contributed by atoms with Gasteiger partial charge >= 0.3 is 5.84 Å². The molecule has 5 heteroatoms. The molecule has 0 radical (unpaired) electrons. The van der Waals surface area contributed by atoms with E-state index in [0.29, 0.717) is 0 Å². The number of likely N-dealkylation sites (N-methyl/N-ethyl adjacent to an activating group) is 1. The van der Waals surface area contributed by atoms with Gasteiger partial charge < -0.3 is 0 Å².